The molecule has 2 aromatic rings. The Balaban J connectivity index is 2.10. The lowest BCUT2D eigenvalue weighted by Crippen LogP contribution is -2.19. The van der Waals surface area contributed by atoms with Crippen molar-refractivity contribution in [2.45, 2.75) is 25.5 Å². The van der Waals surface area contributed by atoms with Crippen molar-refractivity contribution in [1.82, 2.24) is 19.7 Å². The number of ether oxygens (including phenoxy) is 1. The topological polar surface area (TPSA) is 52.8 Å². The molecule has 0 amide bonds. The van der Waals surface area contributed by atoms with Crippen LogP contribution in [0.4, 0.5) is 0 Å². The summed E-state index contributed by atoms with van der Waals surface area (Å²) in [5.74, 6) is 0. The Bertz CT molecular complexity index is 552. The van der Waals surface area contributed by atoms with Crippen molar-refractivity contribution in [1.29, 1.82) is 0 Å². The average molecular weight is 365 g/mol. The number of halogens is 2. The first kappa shape index (κ1) is 11.6. The molecule has 0 spiro atoms. The second-order valence-corrected chi connectivity index (χ2v) is 5.29. The molecule has 3 heterocycles. The van der Waals surface area contributed by atoms with Gasteiger partial charge in [0.1, 0.15) is 14.7 Å². The van der Waals surface area contributed by atoms with E-state index in [1.54, 1.807) is 6.20 Å². The molecule has 1 fully saturated rings. The Morgan fingerprint density at radius 2 is 2.35 bits per heavy atom. The zero-order chi connectivity index (χ0) is 11.8. The van der Waals surface area contributed by atoms with Crippen LogP contribution in [0.15, 0.2) is 6.20 Å². The zero-order valence-corrected chi connectivity index (χ0v) is 11.8. The maximum Gasteiger partial charge on any atom is 0.223 e. The van der Waals surface area contributed by atoms with Crippen LogP contribution >= 0.6 is 34.2 Å². The Labute approximate surface area is 117 Å². The highest BCUT2D eigenvalue weighted by atomic mass is 127. The van der Waals surface area contributed by atoms with Crippen LogP contribution in [-0.2, 0) is 4.74 Å². The number of hydrogen-bond acceptors (Lipinski definition) is 4. The summed E-state index contributed by atoms with van der Waals surface area (Å²) in [5, 5.41) is 4.72. The van der Waals surface area contributed by atoms with Gasteiger partial charge in [0.25, 0.3) is 0 Å². The molecule has 90 valence electrons. The quantitative estimate of drug-likeness (QED) is 0.577. The fourth-order valence-electron chi connectivity index (χ4n) is 2.01. The molecule has 2 aromatic heterocycles. The number of rotatable bonds is 1. The normalized spacial score (nSPS) is 20.9. The monoisotopic (exact) mass is 364 g/mol. The van der Waals surface area contributed by atoms with E-state index in [-0.39, 0.29) is 11.5 Å². The summed E-state index contributed by atoms with van der Waals surface area (Å²) < 4.78 is 8.42. The van der Waals surface area contributed by atoms with Crippen LogP contribution in [0.25, 0.3) is 11.0 Å². The van der Waals surface area contributed by atoms with Gasteiger partial charge in [-0.25, -0.2) is 14.6 Å². The van der Waals surface area contributed by atoms with E-state index in [1.165, 1.54) is 0 Å². The molecule has 3 rings (SSSR count). The second kappa shape index (κ2) is 4.66. The highest BCUT2D eigenvalue weighted by Crippen LogP contribution is 2.27. The van der Waals surface area contributed by atoms with Gasteiger partial charge in [0, 0.05) is 6.61 Å². The lowest BCUT2D eigenvalue weighted by Gasteiger charge is -2.23. The highest BCUT2D eigenvalue weighted by Gasteiger charge is 2.21. The Kier molecular flexibility index (Phi) is 3.18. The molecule has 0 bridgehead atoms. The molecule has 0 saturated carbocycles. The fourth-order valence-corrected chi connectivity index (χ4v) is 2.77. The predicted molar refractivity (Wildman–Crippen MR) is 71.9 cm³/mol. The first-order chi connectivity index (χ1) is 8.25. The van der Waals surface area contributed by atoms with E-state index in [1.807, 2.05) is 4.68 Å². The lowest BCUT2D eigenvalue weighted by molar-refractivity contribution is -0.0369. The molecule has 0 N–H and O–H groups in total. The van der Waals surface area contributed by atoms with Gasteiger partial charge in [0.2, 0.25) is 5.28 Å². The van der Waals surface area contributed by atoms with Crippen LogP contribution in [0.5, 0.6) is 0 Å². The molecule has 1 aliphatic heterocycles. The van der Waals surface area contributed by atoms with E-state index >= 15 is 0 Å². The third-order valence-electron chi connectivity index (χ3n) is 2.81. The molecule has 1 unspecified atom stereocenters. The minimum absolute atomic E-state index is 0.000425. The molecule has 5 nitrogen and oxygen atoms in total. The number of hydrogen-bond donors (Lipinski definition) is 0. The SMILES string of the molecule is Clc1ncc2c(n1)c(I)nn2C1CCCCO1. The van der Waals surface area contributed by atoms with E-state index < -0.39 is 0 Å². The van der Waals surface area contributed by atoms with Gasteiger partial charge in [-0.3, -0.25) is 0 Å². The van der Waals surface area contributed by atoms with Crippen LogP contribution in [-0.4, -0.2) is 26.4 Å². The summed E-state index contributed by atoms with van der Waals surface area (Å²) in [6, 6.07) is 0. The van der Waals surface area contributed by atoms with Crippen molar-refractivity contribution in [2.75, 3.05) is 6.61 Å². The number of fused-ring (bicyclic) bond motifs is 1. The molecule has 0 aliphatic carbocycles. The van der Waals surface area contributed by atoms with Gasteiger partial charge in [-0.2, -0.15) is 5.10 Å². The summed E-state index contributed by atoms with van der Waals surface area (Å²) in [4.78, 5) is 8.21. The van der Waals surface area contributed by atoms with E-state index in [0.29, 0.717) is 0 Å². The number of aromatic nitrogens is 4. The molecular formula is C10H10ClIN4O. The van der Waals surface area contributed by atoms with Crippen molar-refractivity contribution in [2.24, 2.45) is 0 Å². The third kappa shape index (κ3) is 2.13. The van der Waals surface area contributed by atoms with E-state index in [9.17, 15) is 0 Å². The summed E-state index contributed by atoms with van der Waals surface area (Å²) in [7, 11) is 0. The maximum absolute atomic E-state index is 5.79. The van der Waals surface area contributed by atoms with E-state index in [4.69, 9.17) is 16.3 Å². The van der Waals surface area contributed by atoms with Gasteiger partial charge in [0.05, 0.1) is 6.20 Å². The van der Waals surface area contributed by atoms with Gasteiger partial charge in [0.15, 0.2) is 6.23 Å². The predicted octanol–water partition coefficient (Wildman–Crippen LogP) is 2.78. The van der Waals surface area contributed by atoms with Crippen molar-refractivity contribution in [3.63, 3.8) is 0 Å². The average Bonchev–Trinajstić information content (AvgIpc) is 2.68. The Morgan fingerprint density at radius 3 is 3.12 bits per heavy atom. The van der Waals surface area contributed by atoms with E-state index in [0.717, 1.165) is 40.6 Å². The van der Waals surface area contributed by atoms with Crippen molar-refractivity contribution in [3.8, 4) is 0 Å². The molecule has 7 heteroatoms. The molecule has 17 heavy (non-hydrogen) atoms. The van der Waals surface area contributed by atoms with Gasteiger partial charge >= 0.3 is 0 Å². The fraction of sp³-hybridized carbons (Fsp3) is 0.500. The molecular weight excluding hydrogens is 354 g/mol. The lowest BCUT2D eigenvalue weighted by atomic mass is 10.2. The highest BCUT2D eigenvalue weighted by molar-refractivity contribution is 14.1. The van der Waals surface area contributed by atoms with Crippen LogP contribution in [0.1, 0.15) is 25.5 Å². The third-order valence-corrected chi connectivity index (χ3v) is 3.71. The van der Waals surface area contributed by atoms with Gasteiger partial charge in [-0.15, -0.1) is 0 Å². The summed E-state index contributed by atoms with van der Waals surface area (Å²) in [6.45, 7) is 0.789. The summed E-state index contributed by atoms with van der Waals surface area (Å²) in [6.07, 6.45) is 4.97. The number of nitrogens with zero attached hydrogens (tertiary/aromatic N) is 4. The minimum atomic E-state index is -0.000425. The van der Waals surface area contributed by atoms with Crippen LogP contribution in [0, 0.1) is 3.70 Å². The first-order valence-corrected chi connectivity index (χ1v) is 6.89. The maximum atomic E-state index is 5.79. The standard InChI is InChI=1S/C10H10ClIN4O/c11-10-13-5-6-8(14-10)9(12)15-16(6)7-3-1-2-4-17-7/h5,7H,1-4H2. The summed E-state index contributed by atoms with van der Waals surface area (Å²) in [5.41, 5.74) is 1.67. The van der Waals surface area contributed by atoms with Gasteiger partial charge in [-0.05, 0) is 53.5 Å². The van der Waals surface area contributed by atoms with Crippen molar-refractivity contribution in [3.05, 3.63) is 15.2 Å². The van der Waals surface area contributed by atoms with E-state index in [2.05, 4.69) is 37.7 Å². The molecule has 1 saturated heterocycles. The zero-order valence-electron chi connectivity index (χ0n) is 8.94. The minimum Gasteiger partial charge on any atom is -0.356 e. The smallest absolute Gasteiger partial charge is 0.223 e. The largest absolute Gasteiger partial charge is 0.356 e. The van der Waals surface area contributed by atoms with Gasteiger partial charge in [-0.1, -0.05) is 0 Å². The molecule has 1 atom stereocenters. The first-order valence-electron chi connectivity index (χ1n) is 5.43. The molecule has 1 aliphatic rings. The molecule has 0 aromatic carbocycles. The van der Waals surface area contributed by atoms with Gasteiger partial charge < -0.3 is 4.74 Å². The van der Waals surface area contributed by atoms with Crippen molar-refractivity contribution < 1.29 is 4.74 Å². The molecule has 0 radical (unpaired) electrons. The Hall–Kier alpha value is -0.470. The second-order valence-electron chi connectivity index (χ2n) is 3.93. The Morgan fingerprint density at radius 1 is 1.47 bits per heavy atom. The van der Waals surface area contributed by atoms with Crippen molar-refractivity contribution >= 4 is 45.2 Å². The summed E-state index contributed by atoms with van der Waals surface area (Å²) >= 11 is 7.95. The van der Waals surface area contributed by atoms with Crippen LogP contribution in [0.2, 0.25) is 5.28 Å². The van der Waals surface area contributed by atoms with Crippen LogP contribution < -0.4 is 0 Å². The van der Waals surface area contributed by atoms with Crippen LogP contribution in [0.3, 0.4) is 0 Å².